The third-order valence-corrected chi connectivity index (χ3v) is 20.2. The Kier molecular flexibility index (Phi) is 45.0. The zero-order valence-corrected chi connectivity index (χ0v) is 65.5. The molecule has 0 saturated heterocycles. The topological polar surface area (TPSA) is 380 Å². The van der Waals surface area contributed by atoms with Crippen molar-refractivity contribution in [2.45, 2.75) is 275 Å². The number of halogens is 2. The molecule has 9 N–H and O–H groups in total. The zero-order valence-electron chi connectivity index (χ0n) is 59.6. The van der Waals surface area contributed by atoms with E-state index < -0.39 is 49.6 Å². The van der Waals surface area contributed by atoms with E-state index >= 15 is 0 Å². The molecule has 0 aromatic heterocycles. The summed E-state index contributed by atoms with van der Waals surface area (Å²) in [6, 6.07) is 12.6. The lowest BCUT2D eigenvalue weighted by Gasteiger charge is -2.30. The van der Waals surface area contributed by atoms with Crippen LogP contribution in [0.5, 0.6) is 0 Å². The van der Waals surface area contributed by atoms with Gasteiger partial charge in [-0.25, -0.2) is 19.2 Å². The van der Waals surface area contributed by atoms with Gasteiger partial charge in [-0.05, 0) is 167 Å². The first-order valence-electron chi connectivity index (χ1n) is 34.6. The van der Waals surface area contributed by atoms with Crippen LogP contribution in [0.4, 0.5) is 25.8 Å². The van der Waals surface area contributed by atoms with Gasteiger partial charge in [0.2, 0.25) is 5.84 Å². The van der Waals surface area contributed by atoms with E-state index in [4.69, 9.17) is 35.2 Å². The lowest BCUT2D eigenvalue weighted by Crippen LogP contribution is -2.45. The number of carbonyl (C=O) groups is 7. The van der Waals surface area contributed by atoms with Gasteiger partial charge >= 0.3 is 36.2 Å². The Morgan fingerprint density at radius 3 is 1.21 bits per heavy atom. The minimum atomic E-state index is -3.90. The summed E-state index contributed by atoms with van der Waals surface area (Å²) in [5, 5.41) is 14.0. The number of para-hydroxylation sites is 2. The Morgan fingerprint density at radius 2 is 0.842 bits per heavy atom. The molecule has 26 nitrogen and oxygen atoms in total. The minimum absolute atomic E-state index is 0. The monoisotopic (exact) mass is 1690 g/mol. The van der Waals surface area contributed by atoms with Crippen LogP contribution < -0.4 is 38.1 Å². The molecule has 4 atom stereocenters. The Bertz CT molecular complexity index is 3140. The van der Waals surface area contributed by atoms with Crippen molar-refractivity contribution >= 4 is 122 Å². The number of methoxy groups -OCH3 is 3. The van der Waals surface area contributed by atoms with Gasteiger partial charge in [0.15, 0.2) is 11.6 Å². The third-order valence-electron chi connectivity index (χ3n) is 17.5. The van der Waals surface area contributed by atoms with Gasteiger partial charge < -0.3 is 66.5 Å². The van der Waals surface area contributed by atoms with Gasteiger partial charge in [-0.1, -0.05) is 116 Å². The fourth-order valence-corrected chi connectivity index (χ4v) is 14.9. The highest BCUT2D eigenvalue weighted by Gasteiger charge is 2.33. The van der Waals surface area contributed by atoms with Crippen molar-refractivity contribution in [2.24, 2.45) is 43.9 Å². The summed E-state index contributed by atoms with van der Waals surface area (Å²) >= 11 is 4.24. The molecular weight excluding hydrogens is 1570 g/mol. The number of carbonyl (C=O) groups excluding carboxylic acids is 7. The molecule has 2 aliphatic heterocycles. The summed E-state index contributed by atoms with van der Waals surface area (Å²) in [7, 11) is -3.69. The first kappa shape index (κ1) is 93.6. The predicted octanol–water partition coefficient (Wildman–Crippen LogP) is 14.3. The molecule has 4 aliphatic carbocycles. The molecule has 3 amide bonds. The number of nitrogens with zero attached hydrogens (tertiary/aromatic N) is 2. The summed E-state index contributed by atoms with van der Waals surface area (Å²) in [6.45, 7) is 13.5. The number of ether oxygens (including phenoxy) is 6. The van der Waals surface area contributed by atoms with E-state index in [9.17, 15) is 50.4 Å². The van der Waals surface area contributed by atoms with Gasteiger partial charge in [0, 0.05) is 87.2 Å². The highest BCUT2D eigenvalue weighted by atomic mass is 128. The van der Waals surface area contributed by atoms with Crippen molar-refractivity contribution in [3.63, 3.8) is 0 Å². The van der Waals surface area contributed by atoms with Crippen molar-refractivity contribution in [2.75, 3.05) is 45.1 Å². The van der Waals surface area contributed by atoms with Gasteiger partial charge in [0.25, 0.3) is 20.0 Å². The van der Waals surface area contributed by atoms with Crippen molar-refractivity contribution in [3.8, 4) is 0 Å². The molecule has 4 saturated carbocycles. The summed E-state index contributed by atoms with van der Waals surface area (Å²) in [5.41, 5.74) is 11.6. The number of anilines is 2. The number of alkyl carbamates (subject to hydrolysis) is 3. The van der Waals surface area contributed by atoms with Crippen LogP contribution in [0.1, 0.15) is 230 Å². The van der Waals surface area contributed by atoms with Gasteiger partial charge in [-0.2, -0.15) is 16.8 Å². The lowest BCUT2D eigenvalue weighted by molar-refractivity contribution is -0.156. The van der Waals surface area contributed by atoms with E-state index in [1.54, 1.807) is 43.3 Å². The molecular formula is C71H119I2N9O17S2. The Labute approximate surface area is 625 Å². The van der Waals surface area contributed by atoms with Gasteiger partial charge in [-0.15, -0.1) is 8.80 Å². The molecule has 0 bridgehead atoms. The van der Waals surface area contributed by atoms with Crippen LogP contribution in [-0.2, 0) is 67.6 Å². The molecule has 6 aliphatic rings. The van der Waals surface area contributed by atoms with Crippen LogP contribution >= 0.6 is 37.2 Å². The number of benzene rings is 2. The van der Waals surface area contributed by atoms with Gasteiger partial charge in [-0.3, -0.25) is 14.4 Å². The molecule has 4 fully saturated rings. The van der Waals surface area contributed by atoms with E-state index in [1.165, 1.54) is 123 Å². The Balaban J connectivity index is 0.000000637. The molecule has 101 heavy (non-hydrogen) atoms. The minimum Gasteiger partial charge on any atom is -0.460 e. The number of ketones is 1. The van der Waals surface area contributed by atoms with Crippen LogP contribution in [-0.4, -0.2) is 140 Å². The summed E-state index contributed by atoms with van der Waals surface area (Å²) in [6.07, 6.45) is 25.1. The largest absolute Gasteiger partial charge is 0.460 e. The molecule has 576 valence electrons. The third kappa shape index (κ3) is 35.7. The highest BCUT2D eigenvalue weighted by Crippen LogP contribution is 2.33. The molecule has 2 aromatic carbocycles. The second kappa shape index (κ2) is 48.6. The molecule has 4 unspecified atom stereocenters. The number of sulfonamides is 2. The van der Waals surface area contributed by atoms with Crippen LogP contribution in [0.2, 0.25) is 0 Å². The van der Waals surface area contributed by atoms with E-state index in [2.05, 4.69) is 77.3 Å². The number of nitrogens with one attached hydrogen (secondary N) is 5. The van der Waals surface area contributed by atoms with E-state index in [1.807, 2.05) is 41.5 Å². The quantitative estimate of drug-likeness (QED) is 0.0368. The molecule has 2 heterocycles. The maximum absolute atomic E-state index is 12.6. The molecule has 0 radical (unpaired) electrons. The van der Waals surface area contributed by atoms with Crippen molar-refractivity contribution < 1.29 is 78.8 Å². The lowest BCUT2D eigenvalue weighted by atomic mass is 9.82. The van der Waals surface area contributed by atoms with Crippen LogP contribution in [0.3, 0.4) is 0 Å². The zero-order chi connectivity index (χ0) is 73.8. The fraction of sp³-hybridized carbons (Fsp3) is 0.704. The number of amidine groups is 2. The maximum Gasteiger partial charge on any atom is 0.407 e. The second-order valence-electron chi connectivity index (χ2n) is 27.2. The SMILES string of the molecule is C.C.CC(C)(C)OC(=O)CCC(N)C1CCCCC1.CCOC(=O)C1=NS(=O)(=O)c2ccccc2N1.COC(=O)NC(CCC(=O)C1=NS(=O)(=O)c2ccccc2N1)C1CCCCC1.COC(=O)NC(CCC(=O)OC(C)(C)C)C1CCCCC1.COC(=O)NC(CN)C1CCCCC1.II. The number of esters is 3. The smallest absolute Gasteiger partial charge is 0.407 e. The number of hydrogen-bond acceptors (Lipinski definition) is 21. The van der Waals surface area contributed by atoms with Crippen LogP contribution in [0.15, 0.2) is 67.1 Å². The van der Waals surface area contributed by atoms with E-state index in [0.29, 0.717) is 61.4 Å². The predicted molar refractivity (Wildman–Crippen MR) is 413 cm³/mol. The molecule has 0 spiro atoms. The van der Waals surface area contributed by atoms with E-state index in [0.717, 1.165) is 44.9 Å². The highest BCUT2D eigenvalue weighted by molar-refractivity contribution is 15.0. The second-order valence-corrected chi connectivity index (χ2v) is 30.4. The number of rotatable bonds is 20. The summed E-state index contributed by atoms with van der Waals surface area (Å²) in [4.78, 5) is 81.8. The Hall–Kier alpha value is -5.45. The number of fused-ring (bicyclic) bond motifs is 2. The summed E-state index contributed by atoms with van der Waals surface area (Å²) < 4.78 is 84.4. The average molecular weight is 1690 g/mol. The van der Waals surface area contributed by atoms with Crippen molar-refractivity contribution in [1.82, 2.24) is 16.0 Å². The number of nitrogens with two attached hydrogens (primary N) is 2. The molecule has 30 heteroatoms. The summed E-state index contributed by atoms with van der Waals surface area (Å²) in [5.74, 6) is -0.148. The molecule has 2 aromatic rings. The maximum atomic E-state index is 12.6. The number of amides is 3. The van der Waals surface area contributed by atoms with Crippen molar-refractivity contribution in [1.29, 1.82) is 0 Å². The average Bonchev–Trinajstić information content (AvgIpc) is 0.788. The normalized spacial score (nSPS) is 18.1. The molecule has 8 rings (SSSR count). The van der Waals surface area contributed by atoms with Gasteiger partial charge in [0.1, 0.15) is 21.0 Å². The van der Waals surface area contributed by atoms with E-state index in [-0.39, 0.29) is 103 Å². The van der Waals surface area contributed by atoms with Crippen LogP contribution in [0, 0.1) is 23.7 Å². The first-order chi connectivity index (χ1) is 46.9. The first-order valence-corrected chi connectivity index (χ1v) is 43.8. The number of hydrogen-bond donors (Lipinski definition) is 7. The van der Waals surface area contributed by atoms with Gasteiger partial charge in [0.05, 0.1) is 39.3 Å². The van der Waals surface area contributed by atoms with Crippen molar-refractivity contribution in [3.05, 3.63) is 48.5 Å². The fourth-order valence-electron chi connectivity index (χ4n) is 12.6. The standard InChI is InChI=1S/C19H25N3O5S.C16H29NO4.C14H27NO2.C10H10N2O4S.C10H20N2O2.2CH4.I2/c1-27-19(24)21-14(13-7-3-2-4-8-13)11-12-16(23)18-20-15-9-5-6-10-17(15)28(25,26)22-18;1-16(2,3)21-14(18)11-10-13(17-15(19)20-4)12-8-6-5-7-9-12;1-14(2,3)17-13(16)10-9-12(15)11-7-5-4-6-8-11;1-2-16-10(13)9-11-7-5-3-4-6-8(7)17(14,15)12-9;1-14-10(13)12-9(7-11)8-5-3-2-4-6-8;;;1-2/h5-6,9-10,13-14H,2-4,7-8,11-12H2,1H3,(H,20,22)(H,21,24);12-13H,5-11H2,1-4H3,(H,17,19);11-12H,4-10,15H2,1-3H3;3-6H,2H2,1H3,(H,11,12);8-9H,2-7,11H2,1H3,(H,12,13);2*1H4;. The Morgan fingerprint density at radius 1 is 0.515 bits per heavy atom. The van der Waals surface area contributed by atoms with Crippen LogP contribution in [0.25, 0.3) is 0 Å². The number of Topliss-reactive ketones (excluding diaryl/α,β-unsaturated/α-hetero) is 1.